The lowest BCUT2D eigenvalue weighted by atomic mass is 9.44. The van der Waals surface area contributed by atoms with Gasteiger partial charge in [-0.05, 0) is 52.7 Å². The van der Waals surface area contributed by atoms with Gasteiger partial charge in [0.15, 0.2) is 6.34 Å². The van der Waals surface area contributed by atoms with Gasteiger partial charge in [0, 0.05) is 0 Å². The zero-order chi connectivity index (χ0) is 24.6. The lowest BCUT2D eigenvalue weighted by Gasteiger charge is -2.38. The Kier molecular flexibility index (Phi) is 7.76. The number of hydrogen-bond donors (Lipinski definition) is 0. The fourth-order valence-electron chi connectivity index (χ4n) is 5.24. The third kappa shape index (κ3) is 4.77. The van der Waals surface area contributed by atoms with Crippen molar-refractivity contribution in [2.24, 2.45) is 0 Å². The van der Waals surface area contributed by atoms with Crippen LogP contribution in [-0.4, -0.2) is 29.5 Å². The first-order chi connectivity index (χ1) is 15.5. The Labute approximate surface area is 204 Å². The van der Waals surface area contributed by atoms with E-state index in [1.807, 2.05) is 0 Å². The van der Waals surface area contributed by atoms with Gasteiger partial charge in [-0.25, -0.2) is 5.36 Å². The molecule has 0 aliphatic carbocycles. The minimum Gasteiger partial charge on any atom is -0.446 e. The Balaban J connectivity index is 2.37. The highest BCUT2D eigenvalue weighted by Gasteiger charge is 2.34. The van der Waals surface area contributed by atoms with Crippen LogP contribution in [0.15, 0.2) is 36.4 Å². The molecule has 0 atom stereocenters. The average Bonchev–Trinajstić information content (AvgIpc) is 2.76. The van der Waals surface area contributed by atoms with Crippen molar-refractivity contribution in [1.29, 1.82) is 0 Å². The summed E-state index contributed by atoms with van der Waals surface area (Å²) in [5.41, 5.74) is 8.56. The van der Waals surface area contributed by atoms with Gasteiger partial charge in [0.1, 0.15) is 5.69 Å². The molecule has 0 radical (unpaired) electrons. The Morgan fingerprint density at radius 1 is 0.727 bits per heavy atom. The standard InChI is InChI=1S/C29H44B2N2/c1-19(2)24-14-12-15-25(20(3)4)28(24)32-18-33(31(11)23(9)30(32)10)29-26(21(5)6)16-13-17-27(29)22(7)8/h12-22H,1-11H3. The average molecular weight is 442 g/mol. The lowest BCUT2D eigenvalue weighted by molar-refractivity contribution is -0.276. The molecule has 2 aromatic rings. The molecule has 1 heterocycles. The van der Waals surface area contributed by atoms with E-state index in [1.165, 1.54) is 39.0 Å². The van der Waals surface area contributed by atoms with E-state index < -0.39 is 0 Å². The van der Waals surface area contributed by atoms with Crippen molar-refractivity contribution in [2.45, 2.75) is 99.6 Å². The maximum atomic E-state index is 2.57. The van der Waals surface area contributed by atoms with Crippen molar-refractivity contribution in [3.05, 3.63) is 58.7 Å². The highest BCUT2D eigenvalue weighted by atomic mass is 15.2. The molecule has 0 aromatic heterocycles. The maximum absolute atomic E-state index is 2.57. The number of hydrogen-bond acceptors (Lipinski definition) is 1. The highest BCUT2D eigenvalue weighted by Crippen LogP contribution is 2.38. The van der Waals surface area contributed by atoms with Crippen molar-refractivity contribution in [2.75, 3.05) is 4.81 Å². The molecule has 0 amide bonds. The van der Waals surface area contributed by atoms with Crippen LogP contribution in [0.2, 0.25) is 13.6 Å². The van der Waals surface area contributed by atoms with Crippen molar-refractivity contribution < 1.29 is 4.49 Å². The first-order valence-electron chi connectivity index (χ1n) is 13.0. The molecule has 3 rings (SSSR count). The summed E-state index contributed by atoms with van der Waals surface area (Å²) in [6.07, 6.45) is 2.43. The minimum absolute atomic E-state index is 0.349. The van der Waals surface area contributed by atoms with Crippen LogP contribution in [0.25, 0.3) is 0 Å². The summed E-state index contributed by atoms with van der Waals surface area (Å²) in [5, 5.41) is 1.51. The number of benzene rings is 2. The Hall–Kier alpha value is -2.09. The third-order valence-corrected chi connectivity index (χ3v) is 7.60. The van der Waals surface area contributed by atoms with Gasteiger partial charge in [0.25, 0.3) is 0 Å². The van der Waals surface area contributed by atoms with E-state index >= 15 is 0 Å². The third-order valence-electron chi connectivity index (χ3n) is 7.60. The molecule has 4 heteroatoms. The molecule has 176 valence electrons. The monoisotopic (exact) mass is 442 g/mol. The first-order valence-corrected chi connectivity index (χ1v) is 13.0. The predicted octanol–water partition coefficient (Wildman–Crippen LogP) is 7.93. The fraction of sp³-hybridized carbons (Fsp3) is 0.517. The Morgan fingerprint density at radius 3 is 1.52 bits per heavy atom. The maximum Gasteiger partial charge on any atom is 0.364 e. The topological polar surface area (TPSA) is 6.25 Å². The van der Waals surface area contributed by atoms with Gasteiger partial charge in [-0.2, -0.15) is 6.82 Å². The van der Waals surface area contributed by atoms with Crippen LogP contribution in [-0.2, 0) is 0 Å². The van der Waals surface area contributed by atoms with Gasteiger partial charge in [0.2, 0.25) is 0 Å². The minimum atomic E-state index is 0.349. The van der Waals surface area contributed by atoms with E-state index in [2.05, 4.69) is 128 Å². The van der Waals surface area contributed by atoms with Crippen LogP contribution in [0, 0.1) is 0 Å². The molecule has 0 spiro atoms. The van der Waals surface area contributed by atoms with Crippen LogP contribution >= 0.6 is 0 Å². The van der Waals surface area contributed by atoms with Crippen molar-refractivity contribution >= 4 is 36.4 Å². The molecular weight excluding hydrogens is 398 g/mol. The summed E-state index contributed by atoms with van der Waals surface area (Å²) < 4.78 is 2.57. The van der Waals surface area contributed by atoms with Crippen LogP contribution in [0.4, 0.5) is 11.4 Å². The lowest BCUT2D eigenvalue weighted by Crippen LogP contribution is -2.53. The summed E-state index contributed by atoms with van der Waals surface area (Å²) >= 11 is 0. The molecular formula is C29H44B2N2. The van der Waals surface area contributed by atoms with E-state index in [0.29, 0.717) is 37.0 Å². The molecule has 0 saturated carbocycles. The van der Waals surface area contributed by atoms with Gasteiger partial charge in [-0.1, -0.05) is 98.7 Å². The van der Waals surface area contributed by atoms with E-state index in [1.54, 1.807) is 0 Å². The van der Waals surface area contributed by atoms with Gasteiger partial charge < -0.3 is 4.49 Å². The second-order valence-electron chi connectivity index (χ2n) is 11.2. The number of rotatable bonds is 6. The summed E-state index contributed by atoms with van der Waals surface area (Å²) in [5.74, 6) is 1.89. The predicted molar refractivity (Wildman–Crippen MR) is 152 cm³/mol. The number of nitrogens with zero attached hydrogens (tertiary/aromatic N) is 2. The van der Waals surface area contributed by atoms with Crippen LogP contribution in [0.3, 0.4) is 0 Å². The van der Waals surface area contributed by atoms with Crippen molar-refractivity contribution in [3.63, 3.8) is 0 Å². The Bertz CT molecular complexity index is 1020. The molecule has 0 N–H and O–H groups in total. The van der Waals surface area contributed by atoms with Gasteiger partial charge in [0.05, 0.1) is 12.2 Å². The van der Waals surface area contributed by atoms with Crippen LogP contribution in [0.5, 0.6) is 0 Å². The number of anilines is 1. The van der Waals surface area contributed by atoms with E-state index in [0.717, 1.165) is 0 Å². The molecule has 0 saturated heterocycles. The zero-order valence-electron chi connectivity index (χ0n) is 22.9. The molecule has 0 fully saturated rings. The second-order valence-corrected chi connectivity index (χ2v) is 11.2. The summed E-state index contributed by atoms with van der Waals surface area (Å²) in [7, 11) is 0. The Morgan fingerprint density at radius 2 is 1.12 bits per heavy atom. The SMILES string of the molecule is CB1C(C)=[B-](C)[N+](c2c(C(C)C)cccc2C(C)C)=CN1c1c(C(C)C)cccc1C(C)C. The van der Waals surface area contributed by atoms with Crippen molar-refractivity contribution in [1.82, 2.24) is 0 Å². The quantitative estimate of drug-likeness (QED) is 0.412. The number of para-hydroxylation sites is 2. The van der Waals surface area contributed by atoms with Crippen LogP contribution in [0.1, 0.15) is 108 Å². The molecule has 33 heavy (non-hydrogen) atoms. The summed E-state index contributed by atoms with van der Waals surface area (Å²) in [6, 6.07) is 13.8. The van der Waals surface area contributed by atoms with Crippen LogP contribution < -0.4 is 4.81 Å². The van der Waals surface area contributed by atoms with E-state index in [4.69, 9.17) is 0 Å². The summed E-state index contributed by atoms with van der Waals surface area (Å²) in [4.78, 5) is 2.57. The van der Waals surface area contributed by atoms with Gasteiger partial charge in [-0.3, -0.25) is 4.81 Å². The molecule has 1 aliphatic heterocycles. The zero-order valence-corrected chi connectivity index (χ0v) is 22.9. The molecule has 1 aliphatic rings. The normalized spacial score (nSPS) is 14.9. The highest BCUT2D eigenvalue weighted by molar-refractivity contribution is 7.07. The van der Waals surface area contributed by atoms with Gasteiger partial charge in [-0.15, -0.1) is 0 Å². The second kappa shape index (κ2) is 10.0. The van der Waals surface area contributed by atoms with Crippen molar-refractivity contribution in [3.8, 4) is 0 Å². The first kappa shape index (κ1) is 25.5. The smallest absolute Gasteiger partial charge is 0.364 e. The molecule has 2 nitrogen and oxygen atoms in total. The molecule has 2 aromatic carbocycles. The molecule has 0 bridgehead atoms. The molecule has 0 unspecified atom stereocenters. The van der Waals surface area contributed by atoms with Gasteiger partial charge >= 0.3 is 6.85 Å². The summed E-state index contributed by atoms with van der Waals surface area (Å²) in [6.45, 7) is 26.3. The van der Waals surface area contributed by atoms with E-state index in [9.17, 15) is 0 Å². The fourth-order valence-corrected chi connectivity index (χ4v) is 5.24. The van der Waals surface area contributed by atoms with E-state index in [-0.39, 0.29) is 0 Å². The largest absolute Gasteiger partial charge is 0.446 e.